The first kappa shape index (κ1) is 29.2. The van der Waals surface area contributed by atoms with Crippen LogP contribution in [-0.4, -0.2) is 57.1 Å². The van der Waals surface area contributed by atoms with Crippen molar-refractivity contribution in [2.75, 3.05) is 30.3 Å². The quantitative estimate of drug-likeness (QED) is 0.410. The Morgan fingerprint density at radius 1 is 1.03 bits per heavy atom. The fraction of sp³-hybridized carbons (Fsp3) is 0.481. The average molecular weight is 518 g/mol. The fourth-order valence-electron chi connectivity index (χ4n) is 4.02. The lowest BCUT2D eigenvalue weighted by Crippen LogP contribution is -2.49. The Bertz CT molecular complexity index is 1100. The molecule has 8 nitrogen and oxygen atoms in total. The van der Waals surface area contributed by atoms with E-state index in [-0.39, 0.29) is 24.8 Å². The van der Waals surface area contributed by atoms with E-state index in [2.05, 4.69) is 5.32 Å². The number of anilines is 1. The van der Waals surface area contributed by atoms with Crippen LogP contribution in [0.3, 0.4) is 0 Å². The standard InChI is InChI=1S/C27H39N3O5S/c1-6-23(27(32)28-7-2)29(20-22-17-15-21(4)16-18-22)26(31)14-11-19-30(36(5,33)34)24-12-9-10-13-25(24)35-8-3/h9-10,12-13,15-18,23H,6-8,11,14,19-20H2,1-5H3,(H,28,32)/t23-/m0/s1. The monoisotopic (exact) mass is 517 g/mol. The van der Waals surface area contributed by atoms with Crippen LogP contribution in [0.5, 0.6) is 5.75 Å². The number of carbonyl (C=O) groups is 2. The molecule has 36 heavy (non-hydrogen) atoms. The third kappa shape index (κ3) is 8.26. The van der Waals surface area contributed by atoms with E-state index in [1.54, 1.807) is 29.2 Å². The van der Waals surface area contributed by atoms with Gasteiger partial charge in [0.2, 0.25) is 21.8 Å². The number of aryl methyl sites for hydroxylation is 1. The van der Waals surface area contributed by atoms with Gasteiger partial charge in [-0.1, -0.05) is 48.9 Å². The van der Waals surface area contributed by atoms with Crippen molar-refractivity contribution in [1.29, 1.82) is 0 Å². The van der Waals surface area contributed by atoms with Gasteiger partial charge in [-0.2, -0.15) is 0 Å². The third-order valence-electron chi connectivity index (χ3n) is 5.80. The molecule has 2 aromatic rings. The van der Waals surface area contributed by atoms with Crippen molar-refractivity contribution in [2.24, 2.45) is 0 Å². The molecule has 0 spiro atoms. The van der Waals surface area contributed by atoms with Crippen molar-refractivity contribution in [2.45, 2.75) is 59.5 Å². The molecular formula is C27H39N3O5S. The van der Waals surface area contributed by atoms with Crippen LogP contribution in [0.2, 0.25) is 0 Å². The summed E-state index contributed by atoms with van der Waals surface area (Å²) in [7, 11) is -3.61. The zero-order valence-corrected chi connectivity index (χ0v) is 22.8. The minimum Gasteiger partial charge on any atom is -0.492 e. The molecule has 0 aromatic heterocycles. The van der Waals surface area contributed by atoms with Gasteiger partial charge in [0.25, 0.3) is 0 Å². The van der Waals surface area contributed by atoms with Gasteiger partial charge >= 0.3 is 0 Å². The molecule has 0 saturated carbocycles. The summed E-state index contributed by atoms with van der Waals surface area (Å²) in [6.07, 6.45) is 2.01. The predicted octanol–water partition coefficient (Wildman–Crippen LogP) is 3.88. The van der Waals surface area contributed by atoms with Gasteiger partial charge in [-0.05, 0) is 51.3 Å². The molecule has 0 unspecified atom stereocenters. The van der Waals surface area contributed by atoms with Crippen LogP contribution in [0, 0.1) is 6.92 Å². The summed E-state index contributed by atoms with van der Waals surface area (Å²) < 4.78 is 32.1. The van der Waals surface area contributed by atoms with Gasteiger partial charge in [-0.3, -0.25) is 13.9 Å². The molecule has 0 radical (unpaired) electrons. The lowest BCUT2D eigenvalue weighted by atomic mass is 10.1. The Morgan fingerprint density at radius 2 is 1.69 bits per heavy atom. The Morgan fingerprint density at radius 3 is 2.28 bits per heavy atom. The summed E-state index contributed by atoms with van der Waals surface area (Å²) in [4.78, 5) is 27.8. The first-order chi connectivity index (χ1) is 17.1. The molecule has 2 amide bonds. The second-order valence-electron chi connectivity index (χ2n) is 8.67. The highest BCUT2D eigenvalue weighted by atomic mass is 32.2. The number of nitrogens with zero attached hydrogens (tertiary/aromatic N) is 2. The molecule has 198 valence electrons. The van der Waals surface area contributed by atoms with E-state index in [4.69, 9.17) is 4.74 Å². The van der Waals surface area contributed by atoms with Gasteiger partial charge in [0.05, 0.1) is 18.6 Å². The molecule has 0 aliphatic rings. The zero-order chi connectivity index (χ0) is 26.7. The Balaban J connectivity index is 2.23. The average Bonchev–Trinajstić information content (AvgIpc) is 2.83. The van der Waals surface area contributed by atoms with E-state index in [0.29, 0.717) is 44.0 Å². The SMILES string of the molecule is CCNC(=O)[C@H](CC)N(Cc1ccc(C)cc1)C(=O)CCCN(c1ccccc1OCC)S(C)(=O)=O. The largest absolute Gasteiger partial charge is 0.492 e. The van der Waals surface area contributed by atoms with E-state index < -0.39 is 16.1 Å². The van der Waals surface area contributed by atoms with E-state index in [1.807, 2.05) is 52.0 Å². The van der Waals surface area contributed by atoms with Crippen molar-refractivity contribution in [3.63, 3.8) is 0 Å². The summed E-state index contributed by atoms with van der Waals surface area (Å²) in [5.41, 5.74) is 2.49. The smallest absolute Gasteiger partial charge is 0.242 e. The highest BCUT2D eigenvalue weighted by Gasteiger charge is 2.29. The molecule has 0 bridgehead atoms. The van der Waals surface area contributed by atoms with Gasteiger partial charge < -0.3 is 15.0 Å². The first-order valence-corrected chi connectivity index (χ1v) is 14.3. The van der Waals surface area contributed by atoms with E-state index in [0.717, 1.165) is 17.4 Å². The number of hydrogen-bond donors (Lipinski definition) is 1. The van der Waals surface area contributed by atoms with Gasteiger partial charge in [0, 0.05) is 26.1 Å². The summed E-state index contributed by atoms with van der Waals surface area (Å²) in [5.74, 6) is 0.0871. The second-order valence-corrected chi connectivity index (χ2v) is 10.6. The van der Waals surface area contributed by atoms with Crippen molar-refractivity contribution >= 4 is 27.5 Å². The number of sulfonamides is 1. The zero-order valence-electron chi connectivity index (χ0n) is 22.0. The Labute approximate surface area is 215 Å². The topological polar surface area (TPSA) is 96.0 Å². The van der Waals surface area contributed by atoms with Crippen LogP contribution >= 0.6 is 0 Å². The summed E-state index contributed by atoms with van der Waals surface area (Å²) in [6.45, 7) is 8.85. The maximum Gasteiger partial charge on any atom is 0.242 e. The second kappa shape index (κ2) is 13.9. The first-order valence-electron chi connectivity index (χ1n) is 12.4. The van der Waals surface area contributed by atoms with Crippen LogP contribution < -0.4 is 14.4 Å². The Hall–Kier alpha value is -3.07. The fourth-order valence-corrected chi connectivity index (χ4v) is 4.99. The molecule has 0 aliphatic carbocycles. The lowest BCUT2D eigenvalue weighted by Gasteiger charge is -2.31. The molecule has 0 aliphatic heterocycles. The maximum absolute atomic E-state index is 13.4. The third-order valence-corrected chi connectivity index (χ3v) is 6.98. The molecule has 0 fully saturated rings. The number of benzene rings is 2. The van der Waals surface area contributed by atoms with Crippen molar-refractivity contribution in [1.82, 2.24) is 10.2 Å². The normalized spacial score (nSPS) is 12.0. The van der Waals surface area contributed by atoms with Crippen LogP contribution in [0.1, 0.15) is 51.2 Å². The van der Waals surface area contributed by atoms with E-state index in [9.17, 15) is 18.0 Å². The lowest BCUT2D eigenvalue weighted by molar-refractivity contribution is -0.141. The molecule has 0 heterocycles. The molecule has 2 rings (SSSR count). The van der Waals surface area contributed by atoms with E-state index >= 15 is 0 Å². The van der Waals surface area contributed by atoms with Crippen LogP contribution in [0.15, 0.2) is 48.5 Å². The Kier molecular flexibility index (Phi) is 11.2. The number of likely N-dealkylation sites (N-methyl/N-ethyl adjacent to an activating group) is 1. The van der Waals surface area contributed by atoms with Gasteiger partial charge in [-0.15, -0.1) is 0 Å². The van der Waals surface area contributed by atoms with Gasteiger partial charge in [0.15, 0.2) is 0 Å². The number of amides is 2. The molecular weight excluding hydrogens is 478 g/mol. The summed E-state index contributed by atoms with van der Waals surface area (Å²) >= 11 is 0. The van der Waals surface area contributed by atoms with Gasteiger partial charge in [-0.25, -0.2) is 8.42 Å². The van der Waals surface area contributed by atoms with Crippen molar-refractivity contribution in [3.05, 3.63) is 59.7 Å². The summed E-state index contributed by atoms with van der Waals surface area (Å²) in [5, 5.41) is 2.83. The minimum absolute atomic E-state index is 0.102. The number of ether oxygens (including phenoxy) is 1. The van der Waals surface area contributed by atoms with Crippen molar-refractivity contribution in [3.8, 4) is 5.75 Å². The number of carbonyl (C=O) groups excluding carboxylic acids is 2. The molecule has 0 saturated heterocycles. The number of rotatable bonds is 14. The number of para-hydroxylation sites is 2. The highest BCUT2D eigenvalue weighted by molar-refractivity contribution is 7.92. The van der Waals surface area contributed by atoms with Crippen LogP contribution in [-0.2, 0) is 26.2 Å². The molecule has 1 N–H and O–H groups in total. The maximum atomic E-state index is 13.4. The minimum atomic E-state index is -3.61. The number of nitrogens with one attached hydrogen (secondary N) is 1. The van der Waals surface area contributed by atoms with Crippen LogP contribution in [0.25, 0.3) is 0 Å². The molecule has 2 aromatic carbocycles. The van der Waals surface area contributed by atoms with Gasteiger partial charge in [0.1, 0.15) is 11.8 Å². The number of hydrogen-bond acceptors (Lipinski definition) is 5. The van der Waals surface area contributed by atoms with E-state index in [1.165, 1.54) is 4.31 Å². The molecule has 1 atom stereocenters. The van der Waals surface area contributed by atoms with Crippen LogP contribution in [0.4, 0.5) is 5.69 Å². The predicted molar refractivity (Wildman–Crippen MR) is 144 cm³/mol. The van der Waals surface area contributed by atoms with Crippen molar-refractivity contribution < 1.29 is 22.7 Å². The molecule has 9 heteroatoms. The summed E-state index contributed by atoms with van der Waals surface area (Å²) in [6, 6.07) is 14.2. The highest BCUT2D eigenvalue weighted by Crippen LogP contribution is 2.30.